The number of piperidine rings is 1. The summed E-state index contributed by atoms with van der Waals surface area (Å²) in [5, 5.41) is 13.5. The molecule has 5 heteroatoms. The van der Waals surface area contributed by atoms with Crippen molar-refractivity contribution >= 4 is 6.41 Å². The minimum atomic E-state index is 0.0126. The molecule has 112 valence electrons. The van der Waals surface area contributed by atoms with Gasteiger partial charge in [-0.1, -0.05) is 20.3 Å². The molecular formula is C13H32N2O3. The summed E-state index contributed by atoms with van der Waals surface area (Å²) >= 11 is 0. The lowest BCUT2D eigenvalue weighted by Crippen LogP contribution is -2.21. The van der Waals surface area contributed by atoms with E-state index in [1.165, 1.54) is 32.4 Å². The van der Waals surface area contributed by atoms with E-state index in [0.717, 1.165) is 6.61 Å². The number of methoxy groups -OCH3 is 1. The first-order valence-corrected chi connectivity index (χ1v) is 6.81. The van der Waals surface area contributed by atoms with Crippen molar-refractivity contribution in [3.8, 4) is 0 Å². The van der Waals surface area contributed by atoms with Gasteiger partial charge in [-0.05, 0) is 32.9 Å². The predicted molar refractivity (Wildman–Crippen MR) is 76.8 cm³/mol. The molecule has 1 heterocycles. The molecule has 3 N–H and O–H groups in total. The van der Waals surface area contributed by atoms with Crippen molar-refractivity contribution in [2.45, 2.75) is 40.0 Å². The smallest absolute Gasteiger partial charge is 0.207 e. The van der Waals surface area contributed by atoms with E-state index in [4.69, 9.17) is 5.11 Å². The van der Waals surface area contributed by atoms with Gasteiger partial charge in [-0.25, -0.2) is 0 Å². The van der Waals surface area contributed by atoms with Crippen molar-refractivity contribution < 1.29 is 14.6 Å². The molecule has 0 saturated carbocycles. The van der Waals surface area contributed by atoms with Crippen molar-refractivity contribution in [1.29, 1.82) is 0 Å². The molecule has 0 unspecified atom stereocenters. The summed E-state index contributed by atoms with van der Waals surface area (Å²) < 4.78 is 4.54. The van der Waals surface area contributed by atoms with Crippen molar-refractivity contribution in [1.82, 2.24) is 10.6 Å². The van der Waals surface area contributed by atoms with Gasteiger partial charge < -0.3 is 20.5 Å². The highest BCUT2D eigenvalue weighted by molar-refractivity contribution is 5.45. The van der Waals surface area contributed by atoms with Gasteiger partial charge in [0.05, 0.1) is 6.61 Å². The fourth-order valence-electron chi connectivity index (χ4n) is 0.925. The summed E-state index contributed by atoms with van der Waals surface area (Å²) in [6.45, 7) is 9.64. The van der Waals surface area contributed by atoms with Crippen molar-refractivity contribution in [3.63, 3.8) is 0 Å². The second kappa shape index (κ2) is 29.9. The maximum atomic E-state index is 9.34. The van der Waals surface area contributed by atoms with Crippen LogP contribution in [-0.2, 0) is 9.53 Å². The molecule has 1 aliphatic rings. The van der Waals surface area contributed by atoms with Crippen LogP contribution in [0.2, 0.25) is 0 Å². The van der Waals surface area contributed by atoms with Gasteiger partial charge in [0.25, 0.3) is 0 Å². The summed E-state index contributed by atoms with van der Waals surface area (Å²) in [6, 6.07) is 0. The van der Waals surface area contributed by atoms with Crippen LogP contribution in [-0.4, -0.2) is 51.5 Å². The van der Waals surface area contributed by atoms with Gasteiger partial charge in [0.1, 0.15) is 0 Å². The Bertz CT molecular complexity index is 107. The van der Waals surface area contributed by atoms with Crippen LogP contribution in [0.15, 0.2) is 0 Å². The molecule has 1 amide bonds. The van der Waals surface area contributed by atoms with Crippen LogP contribution in [0.5, 0.6) is 0 Å². The lowest BCUT2D eigenvalue weighted by molar-refractivity contribution is -0.109. The van der Waals surface area contributed by atoms with Gasteiger partial charge in [-0.3, -0.25) is 4.79 Å². The van der Waals surface area contributed by atoms with Crippen LogP contribution in [0.4, 0.5) is 0 Å². The zero-order valence-electron chi connectivity index (χ0n) is 12.5. The Balaban J connectivity index is -0.000000179. The Morgan fingerprint density at radius 2 is 1.78 bits per heavy atom. The van der Waals surface area contributed by atoms with E-state index in [0.29, 0.717) is 13.0 Å². The molecule has 0 aromatic heterocycles. The Kier molecular flexibility index (Phi) is 37.4. The Morgan fingerprint density at radius 3 is 1.89 bits per heavy atom. The molecule has 0 atom stereocenters. The molecule has 1 rings (SSSR count). The van der Waals surface area contributed by atoms with Crippen LogP contribution in [0.25, 0.3) is 0 Å². The minimum Gasteiger partial charge on any atom is -0.395 e. The summed E-state index contributed by atoms with van der Waals surface area (Å²) in [4.78, 5) is 9.34. The first-order valence-electron chi connectivity index (χ1n) is 6.81. The van der Waals surface area contributed by atoms with Gasteiger partial charge in [0, 0.05) is 20.3 Å². The number of hydrogen-bond acceptors (Lipinski definition) is 4. The van der Waals surface area contributed by atoms with E-state index in [1.807, 2.05) is 20.8 Å². The average molecular weight is 264 g/mol. The molecule has 1 fully saturated rings. The summed E-state index contributed by atoms with van der Waals surface area (Å²) in [5.74, 6) is 0. The van der Waals surface area contributed by atoms with Gasteiger partial charge in [0.15, 0.2) is 0 Å². The van der Waals surface area contributed by atoms with Crippen LogP contribution < -0.4 is 10.6 Å². The predicted octanol–water partition coefficient (Wildman–Crippen LogP) is 1.16. The molecule has 0 aromatic carbocycles. The molecule has 0 aromatic rings. The van der Waals surface area contributed by atoms with E-state index in [9.17, 15) is 4.79 Å². The summed E-state index contributed by atoms with van der Waals surface area (Å²) in [6.07, 6.45) is 4.77. The standard InChI is InChI=1S/C5H11N.C3H7NO2.C3H8O.C2H6/c1-2-4-6-5-3-1;5-2-1-4-3-6;1-3-4-2;1-2/h6H,1-5H2;3,5H,1-2H2,(H,4,6);3H2,1-2H3;1-2H3. The van der Waals surface area contributed by atoms with Crippen LogP contribution >= 0.6 is 0 Å². The lowest BCUT2D eigenvalue weighted by Gasteiger charge is -2.08. The Labute approximate surface area is 112 Å². The highest BCUT2D eigenvalue weighted by atomic mass is 16.5. The van der Waals surface area contributed by atoms with E-state index in [2.05, 4.69) is 15.4 Å². The molecule has 0 bridgehead atoms. The van der Waals surface area contributed by atoms with Crippen LogP contribution in [0.1, 0.15) is 40.0 Å². The second-order valence-corrected chi connectivity index (χ2v) is 3.18. The molecule has 0 radical (unpaired) electrons. The normalized spacial score (nSPS) is 12.5. The highest BCUT2D eigenvalue weighted by Gasteiger charge is 1.93. The highest BCUT2D eigenvalue weighted by Crippen LogP contribution is 1.96. The molecule has 1 aliphatic heterocycles. The average Bonchev–Trinajstić information content (AvgIpc) is 2.50. The number of carbonyl (C=O) groups excluding carboxylic acids is 1. The number of ether oxygens (including phenoxy) is 1. The van der Waals surface area contributed by atoms with Crippen molar-refractivity contribution in [2.75, 3.05) is 40.0 Å². The van der Waals surface area contributed by atoms with E-state index in [1.54, 1.807) is 7.11 Å². The first kappa shape index (κ1) is 22.5. The van der Waals surface area contributed by atoms with E-state index in [-0.39, 0.29) is 6.61 Å². The van der Waals surface area contributed by atoms with E-state index < -0.39 is 0 Å². The molecule has 18 heavy (non-hydrogen) atoms. The van der Waals surface area contributed by atoms with Crippen molar-refractivity contribution in [2.24, 2.45) is 0 Å². The largest absolute Gasteiger partial charge is 0.395 e. The summed E-state index contributed by atoms with van der Waals surface area (Å²) in [7, 11) is 1.68. The van der Waals surface area contributed by atoms with Gasteiger partial charge in [0.2, 0.25) is 6.41 Å². The maximum Gasteiger partial charge on any atom is 0.207 e. The third-order valence-electron chi connectivity index (χ3n) is 1.84. The van der Waals surface area contributed by atoms with Gasteiger partial charge in [-0.15, -0.1) is 0 Å². The maximum absolute atomic E-state index is 9.34. The zero-order chi connectivity index (χ0) is 14.5. The fourth-order valence-corrected chi connectivity index (χ4v) is 0.925. The first-order chi connectivity index (χ1) is 8.83. The number of amides is 1. The number of hydrogen-bond donors (Lipinski definition) is 3. The van der Waals surface area contributed by atoms with Crippen LogP contribution in [0.3, 0.4) is 0 Å². The third-order valence-corrected chi connectivity index (χ3v) is 1.84. The summed E-state index contributed by atoms with van der Waals surface area (Å²) in [5.41, 5.74) is 0. The van der Waals surface area contributed by atoms with Gasteiger partial charge >= 0.3 is 0 Å². The van der Waals surface area contributed by atoms with Crippen LogP contribution in [0, 0.1) is 0 Å². The molecular weight excluding hydrogens is 232 g/mol. The molecule has 1 saturated heterocycles. The monoisotopic (exact) mass is 264 g/mol. The topological polar surface area (TPSA) is 70.6 Å². The Morgan fingerprint density at radius 1 is 1.28 bits per heavy atom. The molecule has 5 nitrogen and oxygen atoms in total. The number of nitrogens with one attached hydrogen (secondary N) is 2. The minimum absolute atomic E-state index is 0.0126. The number of aliphatic hydroxyl groups is 1. The van der Waals surface area contributed by atoms with E-state index >= 15 is 0 Å². The number of carbonyl (C=O) groups is 1. The zero-order valence-corrected chi connectivity index (χ0v) is 12.5. The molecule has 0 spiro atoms. The van der Waals surface area contributed by atoms with Crippen molar-refractivity contribution in [3.05, 3.63) is 0 Å². The lowest BCUT2D eigenvalue weighted by atomic mass is 10.2. The Hall–Kier alpha value is -0.650. The number of aliphatic hydroxyl groups excluding tert-OH is 1. The second-order valence-electron chi connectivity index (χ2n) is 3.18. The SMILES string of the molecule is C1CCNCC1.CC.CCOC.O=CNCCO. The molecule has 0 aliphatic carbocycles. The fraction of sp³-hybridized carbons (Fsp3) is 0.923. The number of rotatable bonds is 4. The quantitative estimate of drug-likeness (QED) is 0.526. The third kappa shape index (κ3) is 36.2. The van der Waals surface area contributed by atoms with Gasteiger partial charge in [-0.2, -0.15) is 0 Å².